The molecule has 4 nitrogen and oxygen atoms in total. The molecular weight excluding hydrogens is 250 g/mol. The molecule has 110 valence electrons. The van der Waals surface area contributed by atoms with Gasteiger partial charge < -0.3 is 11.1 Å². The summed E-state index contributed by atoms with van der Waals surface area (Å²) in [4.78, 5) is 13.9. The fraction of sp³-hybridized carbons (Fsp3) is 0.562. The number of amides is 1. The molecule has 0 saturated carbocycles. The average molecular weight is 275 g/mol. The maximum atomic E-state index is 11.7. The third kappa shape index (κ3) is 2.86. The summed E-state index contributed by atoms with van der Waals surface area (Å²) in [6, 6.07) is 4.40. The first-order valence-corrected chi connectivity index (χ1v) is 7.25. The van der Waals surface area contributed by atoms with E-state index in [1.165, 1.54) is 22.3 Å². The number of aryl methyl sites for hydroxylation is 3. The van der Waals surface area contributed by atoms with Gasteiger partial charge >= 0.3 is 0 Å². The smallest absolute Gasteiger partial charge is 0.236 e. The van der Waals surface area contributed by atoms with Crippen molar-refractivity contribution in [2.45, 2.75) is 39.8 Å². The van der Waals surface area contributed by atoms with Crippen molar-refractivity contribution in [3.05, 3.63) is 34.4 Å². The molecule has 1 fully saturated rings. The van der Waals surface area contributed by atoms with Crippen LogP contribution in [0.1, 0.15) is 35.2 Å². The molecule has 1 amide bonds. The molecule has 1 heterocycles. The number of rotatable bonds is 3. The van der Waals surface area contributed by atoms with Crippen LogP contribution in [0.4, 0.5) is 0 Å². The van der Waals surface area contributed by atoms with Gasteiger partial charge in [0.05, 0.1) is 0 Å². The SMILES string of the molecule is Cc1cc(C)c(C(C)N2CCNCC2C(N)=O)c(C)c1. The molecule has 4 heteroatoms. The van der Waals surface area contributed by atoms with E-state index in [4.69, 9.17) is 5.73 Å². The zero-order valence-corrected chi connectivity index (χ0v) is 12.9. The number of primary amides is 1. The van der Waals surface area contributed by atoms with Gasteiger partial charge in [-0.15, -0.1) is 0 Å². The number of hydrogen-bond donors (Lipinski definition) is 2. The Labute approximate surface area is 121 Å². The van der Waals surface area contributed by atoms with Crippen molar-refractivity contribution in [1.82, 2.24) is 10.2 Å². The predicted octanol–water partition coefficient (Wildman–Crippen LogP) is 1.43. The Balaban J connectivity index is 2.34. The van der Waals surface area contributed by atoms with Crippen molar-refractivity contribution in [3.63, 3.8) is 0 Å². The highest BCUT2D eigenvalue weighted by molar-refractivity contribution is 5.80. The predicted molar refractivity (Wildman–Crippen MR) is 81.6 cm³/mol. The highest BCUT2D eigenvalue weighted by atomic mass is 16.1. The minimum Gasteiger partial charge on any atom is -0.368 e. The molecule has 1 aromatic carbocycles. The molecule has 1 aliphatic rings. The van der Waals surface area contributed by atoms with E-state index in [0.29, 0.717) is 6.54 Å². The van der Waals surface area contributed by atoms with Gasteiger partial charge in [0, 0.05) is 25.7 Å². The molecule has 0 aliphatic carbocycles. The van der Waals surface area contributed by atoms with Crippen LogP contribution in [0.5, 0.6) is 0 Å². The fourth-order valence-corrected chi connectivity index (χ4v) is 3.46. The summed E-state index contributed by atoms with van der Waals surface area (Å²) in [6.45, 7) is 11.0. The van der Waals surface area contributed by atoms with Crippen molar-refractivity contribution in [2.75, 3.05) is 19.6 Å². The molecule has 0 radical (unpaired) electrons. The van der Waals surface area contributed by atoms with Gasteiger partial charge in [-0.3, -0.25) is 9.69 Å². The summed E-state index contributed by atoms with van der Waals surface area (Å²) in [5.74, 6) is -0.244. The summed E-state index contributed by atoms with van der Waals surface area (Å²) in [6.07, 6.45) is 0. The lowest BCUT2D eigenvalue weighted by Gasteiger charge is -2.39. The summed E-state index contributed by atoms with van der Waals surface area (Å²) in [5.41, 5.74) is 10.7. The Kier molecular flexibility index (Phi) is 4.45. The van der Waals surface area contributed by atoms with Crippen LogP contribution in [-0.2, 0) is 4.79 Å². The number of piperazine rings is 1. The van der Waals surface area contributed by atoms with Crippen LogP contribution < -0.4 is 11.1 Å². The number of nitrogens with zero attached hydrogens (tertiary/aromatic N) is 1. The molecule has 3 N–H and O–H groups in total. The van der Waals surface area contributed by atoms with Gasteiger partial charge in [0.2, 0.25) is 5.91 Å². The average Bonchev–Trinajstić information content (AvgIpc) is 2.37. The zero-order chi connectivity index (χ0) is 14.9. The van der Waals surface area contributed by atoms with E-state index in [1.807, 2.05) is 0 Å². The topological polar surface area (TPSA) is 58.4 Å². The van der Waals surface area contributed by atoms with Gasteiger partial charge in [-0.2, -0.15) is 0 Å². The Morgan fingerprint density at radius 2 is 1.95 bits per heavy atom. The van der Waals surface area contributed by atoms with Crippen LogP contribution in [-0.4, -0.2) is 36.5 Å². The zero-order valence-electron chi connectivity index (χ0n) is 12.9. The van der Waals surface area contributed by atoms with E-state index < -0.39 is 0 Å². The van der Waals surface area contributed by atoms with E-state index in [-0.39, 0.29) is 18.0 Å². The Hall–Kier alpha value is -1.39. The Bertz CT molecular complexity index is 489. The molecule has 1 saturated heterocycles. The fourth-order valence-electron chi connectivity index (χ4n) is 3.46. The van der Waals surface area contributed by atoms with Crippen molar-refractivity contribution in [1.29, 1.82) is 0 Å². The lowest BCUT2D eigenvalue weighted by atomic mass is 9.92. The van der Waals surface area contributed by atoms with Crippen molar-refractivity contribution >= 4 is 5.91 Å². The van der Waals surface area contributed by atoms with E-state index in [1.54, 1.807) is 0 Å². The van der Waals surface area contributed by atoms with E-state index >= 15 is 0 Å². The van der Waals surface area contributed by atoms with Crippen LogP contribution in [0, 0.1) is 20.8 Å². The molecule has 2 unspecified atom stereocenters. The lowest BCUT2D eigenvalue weighted by molar-refractivity contribution is -0.124. The van der Waals surface area contributed by atoms with Crippen LogP contribution in [0.15, 0.2) is 12.1 Å². The van der Waals surface area contributed by atoms with Crippen molar-refractivity contribution in [3.8, 4) is 0 Å². The molecule has 0 spiro atoms. The summed E-state index contributed by atoms with van der Waals surface area (Å²) in [5, 5.41) is 3.25. The van der Waals surface area contributed by atoms with Gasteiger partial charge in [-0.1, -0.05) is 17.7 Å². The normalized spacial score (nSPS) is 21.7. The first-order chi connectivity index (χ1) is 9.41. The first-order valence-electron chi connectivity index (χ1n) is 7.25. The van der Waals surface area contributed by atoms with Gasteiger partial charge in [0.15, 0.2) is 0 Å². The number of hydrogen-bond acceptors (Lipinski definition) is 3. The Morgan fingerprint density at radius 1 is 1.35 bits per heavy atom. The molecule has 0 bridgehead atoms. The minimum absolute atomic E-state index is 0.204. The van der Waals surface area contributed by atoms with Crippen molar-refractivity contribution < 1.29 is 4.79 Å². The number of carbonyl (C=O) groups is 1. The van der Waals surface area contributed by atoms with E-state index in [9.17, 15) is 4.79 Å². The Morgan fingerprint density at radius 3 is 2.50 bits per heavy atom. The van der Waals surface area contributed by atoms with Crippen LogP contribution >= 0.6 is 0 Å². The van der Waals surface area contributed by atoms with Crippen molar-refractivity contribution in [2.24, 2.45) is 5.73 Å². The molecule has 2 atom stereocenters. The second kappa shape index (κ2) is 5.94. The quantitative estimate of drug-likeness (QED) is 0.877. The number of nitrogens with one attached hydrogen (secondary N) is 1. The summed E-state index contributed by atoms with van der Waals surface area (Å²) >= 11 is 0. The van der Waals surface area contributed by atoms with E-state index in [2.05, 4.69) is 50.0 Å². The van der Waals surface area contributed by atoms with Crippen LogP contribution in [0.2, 0.25) is 0 Å². The summed E-state index contributed by atoms with van der Waals surface area (Å²) < 4.78 is 0. The largest absolute Gasteiger partial charge is 0.368 e. The maximum absolute atomic E-state index is 11.7. The first kappa shape index (κ1) is 15.0. The highest BCUT2D eigenvalue weighted by Gasteiger charge is 2.31. The van der Waals surface area contributed by atoms with Crippen LogP contribution in [0.25, 0.3) is 0 Å². The molecule has 20 heavy (non-hydrogen) atoms. The van der Waals surface area contributed by atoms with E-state index in [0.717, 1.165) is 13.1 Å². The highest BCUT2D eigenvalue weighted by Crippen LogP contribution is 2.29. The number of benzene rings is 1. The second-order valence-electron chi connectivity index (χ2n) is 5.85. The molecule has 1 aromatic rings. The molecule has 1 aliphatic heterocycles. The third-order valence-corrected chi connectivity index (χ3v) is 4.27. The van der Waals surface area contributed by atoms with Gasteiger partial charge in [-0.25, -0.2) is 0 Å². The van der Waals surface area contributed by atoms with Gasteiger partial charge in [-0.05, 0) is 44.4 Å². The van der Waals surface area contributed by atoms with Gasteiger partial charge in [0.25, 0.3) is 0 Å². The molecule has 0 aromatic heterocycles. The number of nitrogens with two attached hydrogens (primary N) is 1. The van der Waals surface area contributed by atoms with Gasteiger partial charge in [0.1, 0.15) is 6.04 Å². The minimum atomic E-state index is -0.244. The van der Waals surface area contributed by atoms with Crippen LogP contribution in [0.3, 0.4) is 0 Å². The monoisotopic (exact) mass is 275 g/mol. The molecular formula is C16H25N3O. The maximum Gasteiger partial charge on any atom is 0.236 e. The summed E-state index contributed by atoms with van der Waals surface area (Å²) in [7, 11) is 0. The lowest BCUT2D eigenvalue weighted by Crippen LogP contribution is -2.57. The molecule has 2 rings (SSSR count). The third-order valence-electron chi connectivity index (χ3n) is 4.27. The second-order valence-corrected chi connectivity index (χ2v) is 5.85. The standard InChI is InChI=1S/C16H25N3O/c1-10-7-11(2)15(12(3)8-10)13(4)19-6-5-18-9-14(19)16(17)20/h7-8,13-14,18H,5-6,9H2,1-4H3,(H2,17,20). The number of carbonyl (C=O) groups excluding carboxylic acids is 1.